The van der Waals surface area contributed by atoms with E-state index in [9.17, 15) is 27.2 Å². The number of imide groups is 1. The molecule has 160 valence electrons. The zero-order valence-corrected chi connectivity index (χ0v) is 16.3. The molecule has 0 atom stereocenters. The minimum Gasteiger partial charge on any atom is -0.456 e. The molecule has 0 aliphatic carbocycles. The Labute approximate surface area is 178 Å². The van der Waals surface area contributed by atoms with Gasteiger partial charge in [0.25, 0.3) is 5.91 Å². The average Bonchev–Trinajstić information content (AvgIpc) is 2.71. The molecule has 3 amide bonds. The zero-order chi connectivity index (χ0) is 22.5. The molecule has 3 aromatic rings. The van der Waals surface area contributed by atoms with Crippen LogP contribution < -0.4 is 15.4 Å². The van der Waals surface area contributed by atoms with Crippen molar-refractivity contribution >= 4 is 29.2 Å². The van der Waals surface area contributed by atoms with E-state index in [0.29, 0.717) is 5.56 Å². The fourth-order valence-corrected chi connectivity index (χ4v) is 2.77. The second-order valence-corrected chi connectivity index (χ2v) is 6.55. The van der Waals surface area contributed by atoms with Crippen LogP contribution in [0.3, 0.4) is 0 Å². The van der Waals surface area contributed by atoms with E-state index in [2.05, 4.69) is 5.32 Å². The number of benzene rings is 3. The number of halogens is 5. The summed E-state index contributed by atoms with van der Waals surface area (Å²) >= 11 is 5.98. The summed E-state index contributed by atoms with van der Waals surface area (Å²) in [5.41, 5.74) is -0.929. The van der Waals surface area contributed by atoms with Crippen molar-refractivity contribution in [3.8, 4) is 11.5 Å². The van der Waals surface area contributed by atoms with Gasteiger partial charge in [0.2, 0.25) is 0 Å². The van der Waals surface area contributed by atoms with E-state index in [1.54, 1.807) is 5.32 Å². The Hall–Kier alpha value is -3.59. The van der Waals surface area contributed by atoms with Gasteiger partial charge in [-0.1, -0.05) is 23.7 Å². The van der Waals surface area contributed by atoms with Gasteiger partial charge in [-0.25, -0.2) is 22.4 Å². The van der Waals surface area contributed by atoms with Crippen LogP contribution in [0, 0.1) is 17.5 Å². The van der Waals surface area contributed by atoms with E-state index in [4.69, 9.17) is 16.3 Å². The predicted octanol–water partition coefficient (Wildman–Crippen LogP) is 5.98. The van der Waals surface area contributed by atoms with Gasteiger partial charge in [0.05, 0.1) is 10.7 Å². The van der Waals surface area contributed by atoms with Crippen molar-refractivity contribution in [2.75, 3.05) is 5.32 Å². The van der Waals surface area contributed by atoms with Gasteiger partial charge in [-0.05, 0) is 42.0 Å². The number of carbonyl (C=O) groups excluding carboxylic acids is 2. The first-order chi connectivity index (χ1) is 14.8. The van der Waals surface area contributed by atoms with Crippen LogP contribution in [0.5, 0.6) is 11.5 Å². The molecule has 2 N–H and O–H groups in total. The van der Waals surface area contributed by atoms with E-state index in [-0.39, 0.29) is 22.2 Å². The van der Waals surface area contributed by atoms with Gasteiger partial charge in [-0.3, -0.25) is 10.1 Å². The molecular weight excluding hydrogens is 440 g/mol. The molecule has 0 aliphatic rings. The molecule has 0 bridgehead atoms. The van der Waals surface area contributed by atoms with Crippen LogP contribution in [-0.4, -0.2) is 11.9 Å². The molecule has 0 unspecified atom stereocenters. The van der Waals surface area contributed by atoms with Crippen molar-refractivity contribution in [3.63, 3.8) is 0 Å². The monoisotopic (exact) mass is 452 g/mol. The standard InChI is InChI=1S/C21H13ClF4N2O3/c22-13-8-11(10-23)4-7-18(13)31-12-5-6-17(16(26)9-12)27-21(30)28-20(29)19-14(24)2-1-3-15(19)25/h1-9H,10H2,(H2,27,28,29,30). The highest BCUT2D eigenvalue weighted by atomic mass is 35.5. The maximum atomic E-state index is 14.3. The van der Waals surface area contributed by atoms with Crippen LogP contribution in [-0.2, 0) is 6.67 Å². The van der Waals surface area contributed by atoms with Gasteiger partial charge >= 0.3 is 6.03 Å². The summed E-state index contributed by atoms with van der Waals surface area (Å²) in [4.78, 5) is 23.8. The average molecular weight is 453 g/mol. The van der Waals surface area contributed by atoms with Crippen LogP contribution in [0.1, 0.15) is 15.9 Å². The third-order valence-corrected chi connectivity index (χ3v) is 4.28. The number of hydrogen-bond donors (Lipinski definition) is 2. The van der Waals surface area contributed by atoms with Gasteiger partial charge in [0.1, 0.15) is 41.2 Å². The molecular formula is C21H13ClF4N2O3. The van der Waals surface area contributed by atoms with Gasteiger partial charge in [-0.15, -0.1) is 0 Å². The number of ether oxygens (including phenoxy) is 1. The van der Waals surface area contributed by atoms with Crippen LogP contribution in [0.25, 0.3) is 0 Å². The second-order valence-electron chi connectivity index (χ2n) is 6.15. The quantitative estimate of drug-likeness (QED) is 0.468. The number of carbonyl (C=O) groups is 2. The molecule has 0 radical (unpaired) electrons. The largest absolute Gasteiger partial charge is 0.456 e. The van der Waals surface area contributed by atoms with E-state index in [1.165, 1.54) is 24.3 Å². The second kappa shape index (κ2) is 9.48. The molecule has 3 rings (SSSR count). The highest BCUT2D eigenvalue weighted by Crippen LogP contribution is 2.32. The zero-order valence-electron chi connectivity index (χ0n) is 15.5. The molecule has 0 aliphatic heterocycles. The van der Waals surface area contributed by atoms with Crippen molar-refractivity contribution in [2.45, 2.75) is 6.67 Å². The first-order valence-electron chi connectivity index (χ1n) is 8.66. The number of anilines is 1. The summed E-state index contributed by atoms with van der Waals surface area (Å²) in [7, 11) is 0. The fraction of sp³-hybridized carbons (Fsp3) is 0.0476. The molecule has 3 aromatic carbocycles. The highest BCUT2D eigenvalue weighted by Gasteiger charge is 2.20. The Morgan fingerprint density at radius 1 is 0.935 bits per heavy atom. The molecule has 5 nitrogen and oxygen atoms in total. The fourth-order valence-electron chi connectivity index (χ4n) is 2.53. The summed E-state index contributed by atoms with van der Waals surface area (Å²) in [6.07, 6.45) is 0. The van der Waals surface area contributed by atoms with Gasteiger partial charge in [-0.2, -0.15) is 0 Å². The van der Waals surface area contributed by atoms with Gasteiger partial charge < -0.3 is 10.1 Å². The lowest BCUT2D eigenvalue weighted by molar-refractivity contribution is 0.0959. The predicted molar refractivity (Wildman–Crippen MR) is 106 cm³/mol. The van der Waals surface area contributed by atoms with Crippen LogP contribution >= 0.6 is 11.6 Å². The number of nitrogens with one attached hydrogen (secondary N) is 2. The van der Waals surface area contributed by atoms with Crippen molar-refractivity contribution in [2.24, 2.45) is 0 Å². The SMILES string of the molecule is O=C(NC(=O)c1c(F)cccc1F)Nc1ccc(Oc2ccc(CF)cc2Cl)cc1F. The molecule has 0 fully saturated rings. The Morgan fingerprint density at radius 2 is 1.65 bits per heavy atom. The van der Waals surface area contributed by atoms with E-state index in [1.807, 2.05) is 0 Å². The maximum absolute atomic E-state index is 14.3. The molecule has 0 aromatic heterocycles. The van der Waals surface area contributed by atoms with Gasteiger partial charge in [0, 0.05) is 6.07 Å². The Kier molecular flexibility index (Phi) is 6.76. The lowest BCUT2D eigenvalue weighted by Crippen LogP contribution is -2.35. The van der Waals surface area contributed by atoms with Crippen LogP contribution in [0.4, 0.5) is 28.0 Å². The normalized spacial score (nSPS) is 10.5. The van der Waals surface area contributed by atoms with E-state index >= 15 is 0 Å². The van der Waals surface area contributed by atoms with Crippen molar-refractivity contribution in [1.29, 1.82) is 0 Å². The number of rotatable bonds is 5. The highest BCUT2D eigenvalue weighted by molar-refractivity contribution is 6.32. The summed E-state index contributed by atoms with van der Waals surface area (Å²) in [5.74, 6) is -4.38. The van der Waals surface area contributed by atoms with Crippen molar-refractivity contribution in [3.05, 3.63) is 88.2 Å². The lowest BCUT2D eigenvalue weighted by atomic mass is 10.2. The van der Waals surface area contributed by atoms with Crippen molar-refractivity contribution in [1.82, 2.24) is 5.32 Å². The van der Waals surface area contributed by atoms with Crippen LogP contribution in [0.15, 0.2) is 54.6 Å². The third-order valence-electron chi connectivity index (χ3n) is 3.98. The Morgan fingerprint density at radius 3 is 2.26 bits per heavy atom. The topological polar surface area (TPSA) is 67.4 Å². The Balaban J connectivity index is 1.67. The molecule has 0 saturated carbocycles. The molecule has 0 heterocycles. The number of amides is 3. The van der Waals surface area contributed by atoms with E-state index < -0.39 is 41.6 Å². The molecule has 10 heteroatoms. The lowest BCUT2D eigenvalue weighted by Gasteiger charge is -2.11. The molecule has 0 spiro atoms. The maximum Gasteiger partial charge on any atom is 0.326 e. The minimum absolute atomic E-state index is 0.0304. The van der Waals surface area contributed by atoms with Gasteiger partial charge in [0.15, 0.2) is 0 Å². The van der Waals surface area contributed by atoms with E-state index in [0.717, 1.165) is 30.3 Å². The minimum atomic E-state index is -1.33. The molecule has 0 saturated heterocycles. The first kappa shape index (κ1) is 22.1. The summed E-state index contributed by atoms with van der Waals surface area (Å²) in [5, 5.41) is 3.89. The number of hydrogen-bond acceptors (Lipinski definition) is 3. The third kappa shape index (κ3) is 5.32. The summed E-state index contributed by atoms with van der Waals surface area (Å²) in [6, 6.07) is 9.18. The molecule has 31 heavy (non-hydrogen) atoms. The summed E-state index contributed by atoms with van der Waals surface area (Å²) < 4.78 is 59.6. The van der Waals surface area contributed by atoms with Crippen LogP contribution in [0.2, 0.25) is 5.02 Å². The number of urea groups is 1. The number of alkyl halides is 1. The summed E-state index contributed by atoms with van der Waals surface area (Å²) in [6.45, 7) is -0.705. The van der Waals surface area contributed by atoms with Crippen molar-refractivity contribution < 1.29 is 31.9 Å². The smallest absolute Gasteiger partial charge is 0.326 e. The first-order valence-corrected chi connectivity index (χ1v) is 9.04. The Bertz CT molecular complexity index is 1140.